The first-order valence-corrected chi connectivity index (χ1v) is 8.40. The van der Waals surface area contributed by atoms with Crippen LogP contribution in [0.15, 0.2) is 66.9 Å². The van der Waals surface area contributed by atoms with Crippen LogP contribution < -0.4 is 17.0 Å². The number of hydrogen-bond donors (Lipinski definition) is 3. The third-order valence-corrected chi connectivity index (χ3v) is 4.36. The number of nitrogens with zero attached hydrogens (tertiary/aromatic N) is 3. The Labute approximate surface area is 159 Å². The number of halogens is 3. The van der Waals surface area contributed by atoms with Gasteiger partial charge in [0.2, 0.25) is 0 Å². The van der Waals surface area contributed by atoms with Gasteiger partial charge in [-0.2, -0.15) is 13.2 Å². The number of aromatic nitrogens is 3. The molecule has 0 bridgehead atoms. The maximum absolute atomic E-state index is 13.0. The van der Waals surface area contributed by atoms with E-state index in [0.717, 1.165) is 5.56 Å². The molecule has 1 unspecified atom stereocenters. The van der Waals surface area contributed by atoms with Crippen molar-refractivity contribution in [1.82, 2.24) is 20.0 Å². The number of hydrogen-bond acceptors (Lipinski definition) is 5. The van der Waals surface area contributed by atoms with Gasteiger partial charge < -0.3 is 15.7 Å². The summed E-state index contributed by atoms with van der Waals surface area (Å²) >= 11 is 0. The van der Waals surface area contributed by atoms with Crippen LogP contribution in [0, 0.1) is 0 Å². The Kier molecular flexibility index (Phi) is 5.36. The predicted octanol–water partition coefficient (Wildman–Crippen LogP) is 3.21. The molecule has 2 aromatic heterocycles. The number of nitrogens with two attached hydrogens (primary N) is 2. The van der Waals surface area contributed by atoms with E-state index in [4.69, 9.17) is 11.6 Å². The van der Waals surface area contributed by atoms with E-state index in [1.54, 1.807) is 17.9 Å². The fraction of sp³-hybridized carbons (Fsp3) is 0.158. The molecule has 28 heavy (non-hydrogen) atoms. The minimum atomic E-state index is -4.70. The number of pyridine rings is 1. The van der Waals surface area contributed by atoms with Crippen molar-refractivity contribution in [3.8, 4) is 11.4 Å². The van der Waals surface area contributed by atoms with Crippen molar-refractivity contribution in [3.63, 3.8) is 0 Å². The van der Waals surface area contributed by atoms with E-state index >= 15 is 0 Å². The molecular weight excluding hydrogens is 369 g/mol. The summed E-state index contributed by atoms with van der Waals surface area (Å²) in [5.41, 5.74) is 7.73. The molecule has 0 saturated heterocycles. The molecule has 0 aliphatic carbocycles. The normalized spacial score (nSPS) is 13.8. The van der Waals surface area contributed by atoms with E-state index in [1.165, 1.54) is 18.3 Å². The molecule has 1 atom stereocenters. The van der Waals surface area contributed by atoms with Gasteiger partial charge in [0.15, 0.2) is 5.70 Å². The average Bonchev–Trinajstić information content (AvgIpc) is 3.18. The number of benzene rings is 1. The van der Waals surface area contributed by atoms with Crippen molar-refractivity contribution in [2.75, 3.05) is 0 Å². The average molecular weight is 388 g/mol. The van der Waals surface area contributed by atoms with Gasteiger partial charge in [-0.25, -0.2) is 4.98 Å². The summed E-state index contributed by atoms with van der Waals surface area (Å²) in [6.07, 6.45) is 0.120. The topological polar surface area (TPSA) is 94.8 Å². The van der Waals surface area contributed by atoms with Crippen molar-refractivity contribution in [3.05, 3.63) is 78.0 Å². The summed E-state index contributed by atoms with van der Waals surface area (Å²) in [5.74, 6) is 5.00. The van der Waals surface area contributed by atoms with Crippen LogP contribution in [0.2, 0.25) is 0 Å². The van der Waals surface area contributed by atoms with Crippen LogP contribution in [0.1, 0.15) is 24.1 Å². The molecule has 146 valence electrons. The summed E-state index contributed by atoms with van der Waals surface area (Å²) in [6.45, 7) is 2.02. The van der Waals surface area contributed by atoms with E-state index in [9.17, 15) is 13.2 Å². The minimum absolute atomic E-state index is 0.0360. The quantitative estimate of drug-likeness (QED) is 0.461. The van der Waals surface area contributed by atoms with Crippen LogP contribution >= 0.6 is 0 Å². The first-order chi connectivity index (χ1) is 13.3. The summed E-state index contributed by atoms with van der Waals surface area (Å²) in [4.78, 5) is 8.53. The summed E-state index contributed by atoms with van der Waals surface area (Å²) in [7, 11) is 0. The third kappa shape index (κ3) is 3.99. The second-order valence-electron chi connectivity index (χ2n) is 6.15. The lowest BCUT2D eigenvalue weighted by atomic mass is 10.1. The summed E-state index contributed by atoms with van der Waals surface area (Å²) < 4.78 is 41.0. The molecule has 0 aliphatic rings. The lowest BCUT2D eigenvalue weighted by Gasteiger charge is -2.14. The molecule has 5 N–H and O–H groups in total. The molecule has 0 fully saturated rings. The Bertz CT molecular complexity index is 979. The van der Waals surface area contributed by atoms with Crippen LogP contribution in [0.3, 0.4) is 0 Å². The largest absolute Gasteiger partial charge is 0.434 e. The fourth-order valence-electron chi connectivity index (χ4n) is 2.78. The van der Waals surface area contributed by atoms with E-state index in [2.05, 4.69) is 9.97 Å². The van der Waals surface area contributed by atoms with Crippen molar-refractivity contribution in [1.29, 1.82) is 0 Å². The number of alkyl halides is 3. The lowest BCUT2D eigenvalue weighted by Crippen LogP contribution is -2.34. The van der Waals surface area contributed by atoms with Gasteiger partial charge in [0, 0.05) is 18.0 Å². The van der Waals surface area contributed by atoms with Crippen molar-refractivity contribution in [2.45, 2.75) is 19.1 Å². The Balaban J connectivity index is 1.94. The molecule has 0 spiro atoms. The van der Waals surface area contributed by atoms with E-state index in [0.29, 0.717) is 11.4 Å². The molecule has 6 nitrogen and oxygen atoms in total. The van der Waals surface area contributed by atoms with Crippen LogP contribution in [-0.4, -0.2) is 20.7 Å². The minimum Gasteiger partial charge on any atom is -0.397 e. The lowest BCUT2D eigenvalue weighted by molar-refractivity contribution is -0.0961. The van der Waals surface area contributed by atoms with Gasteiger partial charge in [-0.1, -0.05) is 30.3 Å². The maximum Gasteiger partial charge on any atom is 0.434 e. The zero-order chi connectivity index (χ0) is 20.3. The molecule has 0 saturated carbocycles. The molecule has 9 heteroatoms. The van der Waals surface area contributed by atoms with Gasteiger partial charge in [0.1, 0.15) is 5.69 Å². The fourth-order valence-corrected chi connectivity index (χ4v) is 2.78. The molecule has 1 aromatic carbocycles. The van der Waals surface area contributed by atoms with Crippen LogP contribution in [0.4, 0.5) is 13.2 Å². The smallest absolute Gasteiger partial charge is 0.397 e. The Morgan fingerprint density at radius 2 is 1.82 bits per heavy atom. The maximum atomic E-state index is 13.0. The molecule has 3 aromatic rings. The zero-order valence-electron chi connectivity index (χ0n) is 15.0. The zero-order valence-corrected chi connectivity index (χ0v) is 15.0. The van der Waals surface area contributed by atoms with E-state index < -0.39 is 17.6 Å². The standard InChI is InChI=1S/C19H19F3N6/c1-12(13-5-3-2-4-6-13)28-10-16(26-11-28)15-9-14(7-8-25-15)17(23)18(27-24)19(20,21)22/h2-12,27H,23-24H2,1H3/b18-17-. The van der Waals surface area contributed by atoms with E-state index in [-0.39, 0.29) is 11.6 Å². The highest BCUT2D eigenvalue weighted by Gasteiger charge is 2.36. The van der Waals surface area contributed by atoms with Gasteiger partial charge in [0.25, 0.3) is 0 Å². The molecule has 0 aliphatic heterocycles. The highest BCUT2D eigenvalue weighted by molar-refractivity contribution is 5.69. The van der Waals surface area contributed by atoms with Gasteiger partial charge in [0.05, 0.1) is 23.8 Å². The predicted molar refractivity (Wildman–Crippen MR) is 100 cm³/mol. The highest BCUT2D eigenvalue weighted by atomic mass is 19.4. The molecule has 0 radical (unpaired) electrons. The second-order valence-corrected chi connectivity index (χ2v) is 6.15. The van der Waals surface area contributed by atoms with Gasteiger partial charge in [-0.15, -0.1) is 0 Å². The highest BCUT2D eigenvalue weighted by Crippen LogP contribution is 2.29. The number of allylic oxidation sites excluding steroid dienone is 1. The number of rotatable bonds is 5. The first-order valence-electron chi connectivity index (χ1n) is 8.40. The van der Waals surface area contributed by atoms with E-state index in [1.807, 2.05) is 41.8 Å². The van der Waals surface area contributed by atoms with Gasteiger partial charge in [-0.05, 0) is 24.6 Å². The molecule has 2 heterocycles. The van der Waals surface area contributed by atoms with Gasteiger partial charge >= 0.3 is 6.18 Å². The van der Waals surface area contributed by atoms with Crippen LogP contribution in [0.5, 0.6) is 0 Å². The SMILES string of the molecule is CC(c1ccccc1)n1cnc(-c2cc(/C(N)=C(/NN)C(F)(F)F)ccn2)c1. The first kappa shape index (κ1) is 19.4. The number of hydrazine groups is 1. The molecule has 0 amide bonds. The number of imidazole rings is 1. The van der Waals surface area contributed by atoms with Crippen molar-refractivity contribution in [2.24, 2.45) is 11.6 Å². The Morgan fingerprint density at radius 1 is 1.11 bits per heavy atom. The second kappa shape index (κ2) is 7.73. The third-order valence-electron chi connectivity index (χ3n) is 4.36. The Morgan fingerprint density at radius 3 is 2.46 bits per heavy atom. The van der Waals surface area contributed by atoms with Crippen LogP contribution in [-0.2, 0) is 0 Å². The van der Waals surface area contributed by atoms with Crippen LogP contribution in [0.25, 0.3) is 17.1 Å². The summed E-state index contributed by atoms with van der Waals surface area (Å²) in [6, 6.07) is 12.7. The van der Waals surface area contributed by atoms with Gasteiger partial charge in [-0.3, -0.25) is 10.8 Å². The van der Waals surface area contributed by atoms with Crippen molar-refractivity contribution < 1.29 is 13.2 Å². The van der Waals surface area contributed by atoms with Crippen molar-refractivity contribution >= 4 is 5.70 Å². The molecular formula is C19H19F3N6. The molecule has 3 rings (SSSR count). The summed E-state index contributed by atoms with van der Waals surface area (Å²) in [5, 5.41) is 0. The number of nitrogens with one attached hydrogen (secondary N) is 1. The monoisotopic (exact) mass is 388 g/mol. The Hall–Kier alpha value is -3.33.